The zero-order chi connectivity index (χ0) is 13.1. The van der Waals surface area contributed by atoms with Crippen molar-refractivity contribution < 1.29 is 4.79 Å². The molecule has 2 aromatic heterocycles. The summed E-state index contributed by atoms with van der Waals surface area (Å²) in [5, 5.41) is 9.42. The lowest BCUT2D eigenvalue weighted by Crippen LogP contribution is -2.14. The third kappa shape index (κ3) is 2.32. The quantitative estimate of drug-likeness (QED) is 0.763. The van der Waals surface area contributed by atoms with Crippen molar-refractivity contribution >= 4 is 17.3 Å². The summed E-state index contributed by atoms with van der Waals surface area (Å²) in [6.07, 6.45) is 2.34. The minimum absolute atomic E-state index is 0.223. The second-order valence-electron chi connectivity index (χ2n) is 3.96. The number of carbonyl (C=O) groups is 1. The van der Waals surface area contributed by atoms with Crippen molar-refractivity contribution in [2.45, 2.75) is 20.3 Å². The highest BCUT2D eigenvalue weighted by atomic mass is 16.2. The van der Waals surface area contributed by atoms with Gasteiger partial charge in [-0.2, -0.15) is 5.10 Å². The van der Waals surface area contributed by atoms with Crippen LogP contribution in [0.3, 0.4) is 0 Å². The summed E-state index contributed by atoms with van der Waals surface area (Å²) in [7, 11) is 0. The van der Waals surface area contributed by atoms with E-state index in [4.69, 9.17) is 5.73 Å². The average Bonchev–Trinajstić information content (AvgIpc) is 2.70. The lowest BCUT2D eigenvalue weighted by atomic mass is 10.2. The molecule has 6 nitrogen and oxygen atoms in total. The Hall–Kier alpha value is -2.37. The molecule has 0 spiro atoms. The Balaban J connectivity index is 2.19. The summed E-state index contributed by atoms with van der Waals surface area (Å²) < 4.78 is 0. The molecular formula is C12H15N5O. The molecule has 0 saturated heterocycles. The van der Waals surface area contributed by atoms with Crippen molar-refractivity contribution in [3.8, 4) is 0 Å². The number of nitrogens with two attached hydrogens (primary N) is 1. The second-order valence-corrected chi connectivity index (χ2v) is 3.96. The molecule has 6 heteroatoms. The summed E-state index contributed by atoms with van der Waals surface area (Å²) >= 11 is 0. The standard InChI is InChI=1S/C12H15N5O/c1-3-9-10(13)11(17-16-9)12(18)15-8-4-5-14-7(2)6-8/h4-6H,3,13H2,1-2H3,(H,16,17)(H,14,15,18). The van der Waals surface area contributed by atoms with Gasteiger partial charge in [0, 0.05) is 17.6 Å². The summed E-state index contributed by atoms with van der Waals surface area (Å²) in [5.41, 5.74) is 8.73. The van der Waals surface area contributed by atoms with E-state index in [1.807, 2.05) is 13.8 Å². The lowest BCUT2D eigenvalue weighted by molar-refractivity contribution is 0.102. The monoisotopic (exact) mass is 245 g/mol. The van der Waals surface area contributed by atoms with Gasteiger partial charge in [0.05, 0.1) is 11.4 Å². The van der Waals surface area contributed by atoms with Gasteiger partial charge in [0.25, 0.3) is 5.91 Å². The number of anilines is 2. The highest BCUT2D eigenvalue weighted by Crippen LogP contribution is 2.16. The van der Waals surface area contributed by atoms with Crippen LogP contribution < -0.4 is 11.1 Å². The molecule has 2 aromatic rings. The third-order valence-electron chi connectivity index (χ3n) is 2.61. The van der Waals surface area contributed by atoms with E-state index in [0.717, 1.165) is 11.4 Å². The number of rotatable bonds is 3. The Labute approximate surface area is 105 Å². The zero-order valence-electron chi connectivity index (χ0n) is 10.3. The molecule has 4 N–H and O–H groups in total. The van der Waals surface area contributed by atoms with Gasteiger partial charge >= 0.3 is 0 Å². The van der Waals surface area contributed by atoms with Gasteiger partial charge in [0.2, 0.25) is 0 Å². The maximum absolute atomic E-state index is 12.0. The molecule has 2 heterocycles. The SMILES string of the molecule is CCc1[nH]nc(C(=O)Nc2ccnc(C)c2)c1N. The minimum Gasteiger partial charge on any atom is -0.395 e. The normalized spacial score (nSPS) is 10.3. The van der Waals surface area contributed by atoms with E-state index in [2.05, 4.69) is 20.5 Å². The maximum atomic E-state index is 12.0. The molecule has 0 radical (unpaired) electrons. The van der Waals surface area contributed by atoms with Crippen LogP contribution in [0, 0.1) is 6.92 Å². The molecule has 0 aromatic carbocycles. The highest BCUT2D eigenvalue weighted by molar-refractivity contribution is 6.06. The molecular weight excluding hydrogens is 230 g/mol. The van der Waals surface area contributed by atoms with Gasteiger partial charge in [-0.1, -0.05) is 6.92 Å². The number of carbonyl (C=O) groups excluding carboxylic acids is 1. The van der Waals surface area contributed by atoms with Crippen LogP contribution in [0.5, 0.6) is 0 Å². The fourth-order valence-electron chi connectivity index (χ4n) is 1.64. The first-order valence-corrected chi connectivity index (χ1v) is 5.68. The molecule has 0 aliphatic rings. The van der Waals surface area contributed by atoms with Crippen molar-refractivity contribution in [3.63, 3.8) is 0 Å². The molecule has 0 unspecified atom stereocenters. The van der Waals surface area contributed by atoms with E-state index in [1.165, 1.54) is 0 Å². The van der Waals surface area contributed by atoms with Crippen molar-refractivity contribution in [2.75, 3.05) is 11.1 Å². The minimum atomic E-state index is -0.325. The van der Waals surface area contributed by atoms with Crippen LogP contribution in [-0.2, 0) is 6.42 Å². The van der Waals surface area contributed by atoms with Gasteiger partial charge in [0.15, 0.2) is 5.69 Å². The van der Waals surface area contributed by atoms with Gasteiger partial charge in [-0.25, -0.2) is 0 Å². The van der Waals surface area contributed by atoms with Crippen molar-refractivity contribution in [1.29, 1.82) is 0 Å². The van der Waals surface area contributed by atoms with Crippen LogP contribution in [0.15, 0.2) is 18.3 Å². The molecule has 0 atom stereocenters. The second kappa shape index (κ2) is 4.87. The van der Waals surface area contributed by atoms with Crippen molar-refractivity contribution in [3.05, 3.63) is 35.4 Å². The summed E-state index contributed by atoms with van der Waals surface area (Å²) in [6, 6.07) is 3.50. The first kappa shape index (κ1) is 12.1. The molecule has 0 bridgehead atoms. The first-order chi connectivity index (χ1) is 8.61. The predicted molar refractivity (Wildman–Crippen MR) is 69.3 cm³/mol. The van der Waals surface area contributed by atoms with Crippen LogP contribution in [0.25, 0.3) is 0 Å². The Bertz CT molecular complexity index is 576. The topological polar surface area (TPSA) is 96.7 Å². The third-order valence-corrected chi connectivity index (χ3v) is 2.61. The van der Waals surface area contributed by atoms with Gasteiger partial charge < -0.3 is 11.1 Å². The smallest absolute Gasteiger partial charge is 0.278 e. The maximum Gasteiger partial charge on any atom is 0.278 e. The van der Waals surface area contributed by atoms with Crippen LogP contribution >= 0.6 is 0 Å². The first-order valence-electron chi connectivity index (χ1n) is 5.68. The number of nitrogens with zero attached hydrogens (tertiary/aromatic N) is 2. The molecule has 94 valence electrons. The fraction of sp³-hybridized carbons (Fsp3) is 0.250. The number of nitrogen functional groups attached to an aromatic ring is 1. The van der Waals surface area contributed by atoms with Gasteiger partial charge in [-0.15, -0.1) is 0 Å². The largest absolute Gasteiger partial charge is 0.395 e. The Kier molecular flexibility index (Phi) is 3.27. The van der Waals surface area contributed by atoms with Gasteiger partial charge in [0.1, 0.15) is 0 Å². The Morgan fingerprint density at radius 3 is 2.94 bits per heavy atom. The number of amides is 1. The number of hydrogen-bond donors (Lipinski definition) is 3. The highest BCUT2D eigenvalue weighted by Gasteiger charge is 2.16. The van der Waals surface area contributed by atoms with Crippen LogP contribution in [0.1, 0.15) is 28.8 Å². The number of nitrogens with one attached hydrogen (secondary N) is 2. The van der Waals surface area contributed by atoms with Crippen molar-refractivity contribution in [1.82, 2.24) is 15.2 Å². The Morgan fingerprint density at radius 2 is 2.33 bits per heavy atom. The zero-order valence-corrected chi connectivity index (χ0v) is 10.3. The summed E-state index contributed by atoms with van der Waals surface area (Å²) in [6.45, 7) is 3.80. The molecule has 2 rings (SSSR count). The number of hydrogen-bond acceptors (Lipinski definition) is 4. The molecule has 0 aliphatic carbocycles. The Morgan fingerprint density at radius 1 is 1.56 bits per heavy atom. The summed E-state index contributed by atoms with van der Waals surface area (Å²) in [4.78, 5) is 16.0. The average molecular weight is 245 g/mol. The summed E-state index contributed by atoms with van der Waals surface area (Å²) in [5.74, 6) is -0.325. The molecule has 0 saturated carbocycles. The molecule has 0 fully saturated rings. The number of aromatic nitrogens is 3. The van der Waals surface area contributed by atoms with Crippen molar-refractivity contribution in [2.24, 2.45) is 0 Å². The van der Waals surface area contributed by atoms with Crippen LogP contribution in [0.2, 0.25) is 0 Å². The number of H-pyrrole nitrogens is 1. The van der Waals surface area contributed by atoms with E-state index in [-0.39, 0.29) is 11.6 Å². The van der Waals surface area contributed by atoms with E-state index < -0.39 is 0 Å². The number of aromatic amines is 1. The lowest BCUT2D eigenvalue weighted by Gasteiger charge is -2.04. The van der Waals surface area contributed by atoms with Gasteiger partial charge in [-0.05, 0) is 25.5 Å². The molecule has 18 heavy (non-hydrogen) atoms. The van der Waals surface area contributed by atoms with E-state index in [1.54, 1.807) is 18.3 Å². The number of aryl methyl sites for hydroxylation is 2. The molecule has 0 aliphatic heterocycles. The number of pyridine rings is 1. The predicted octanol–water partition coefficient (Wildman–Crippen LogP) is 1.51. The fourth-order valence-corrected chi connectivity index (χ4v) is 1.64. The van der Waals surface area contributed by atoms with E-state index >= 15 is 0 Å². The molecule has 1 amide bonds. The van der Waals surface area contributed by atoms with Gasteiger partial charge in [-0.3, -0.25) is 14.9 Å². The van der Waals surface area contributed by atoms with E-state index in [9.17, 15) is 4.79 Å². The van der Waals surface area contributed by atoms with Crippen LogP contribution in [0.4, 0.5) is 11.4 Å². The van der Waals surface area contributed by atoms with Crippen LogP contribution in [-0.4, -0.2) is 21.1 Å². The van der Waals surface area contributed by atoms with E-state index in [0.29, 0.717) is 17.8 Å².